The minimum atomic E-state index is -1.58. The molecule has 16 heteroatoms. The molecular formula is C36H61NO15. The number of aliphatic hydroxyl groups is 2. The van der Waals surface area contributed by atoms with Gasteiger partial charge in [0.2, 0.25) is 5.91 Å². The molecular weight excluding hydrogens is 686 g/mol. The van der Waals surface area contributed by atoms with Crippen molar-refractivity contribution in [3.05, 3.63) is 0 Å². The van der Waals surface area contributed by atoms with Crippen LogP contribution in [0.3, 0.4) is 0 Å². The lowest BCUT2D eigenvalue weighted by atomic mass is 9.87. The smallest absolute Gasteiger partial charge is 0.307 e. The lowest BCUT2D eigenvalue weighted by molar-refractivity contribution is -0.177. The van der Waals surface area contributed by atoms with Gasteiger partial charge < -0.3 is 45.4 Å². The molecule has 2 unspecified atom stereocenters. The van der Waals surface area contributed by atoms with Gasteiger partial charge in [0, 0.05) is 6.92 Å². The van der Waals surface area contributed by atoms with Crippen LogP contribution in [0.1, 0.15) is 131 Å². The second-order valence-electron chi connectivity index (χ2n) is 14.1. The first kappa shape index (κ1) is 48.2. The number of carboxylic acid groups (broad SMARTS) is 4. The van der Waals surface area contributed by atoms with Crippen molar-refractivity contribution in [2.45, 2.75) is 161 Å². The predicted octanol–water partition coefficient (Wildman–Crippen LogP) is 3.77. The molecule has 0 rings (SSSR count). The molecule has 0 bridgehead atoms. The van der Waals surface area contributed by atoms with E-state index in [9.17, 15) is 54.0 Å². The molecule has 0 aliphatic heterocycles. The van der Waals surface area contributed by atoms with Crippen molar-refractivity contribution in [2.24, 2.45) is 23.7 Å². The van der Waals surface area contributed by atoms with Gasteiger partial charge in [-0.2, -0.15) is 0 Å². The average molecular weight is 748 g/mol. The molecule has 7 N–H and O–H groups in total. The minimum Gasteiger partial charge on any atom is -0.481 e. The molecule has 0 fully saturated rings. The fraction of sp³-hybridized carbons (Fsp3) is 0.806. The third-order valence-corrected chi connectivity index (χ3v) is 8.96. The van der Waals surface area contributed by atoms with Crippen LogP contribution in [0.2, 0.25) is 0 Å². The molecule has 1 amide bonds. The molecule has 0 aliphatic carbocycles. The van der Waals surface area contributed by atoms with Gasteiger partial charge in [0.25, 0.3) is 0 Å². The van der Waals surface area contributed by atoms with E-state index in [1.54, 1.807) is 20.8 Å². The summed E-state index contributed by atoms with van der Waals surface area (Å²) in [4.78, 5) is 83.0. The highest BCUT2D eigenvalue weighted by Gasteiger charge is 2.37. The van der Waals surface area contributed by atoms with Crippen LogP contribution in [0, 0.1) is 23.7 Å². The Hall–Kier alpha value is -3.79. The molecule has 300 valence electrons. The van der Waals surface area contributed by atoms with Crippen molar-refractivity contribution in [1.82, 2.24) is 5.32 Å². The average Bonchev–Trinajstić information content (AvgIpc) is 3.02. The van der Waals surface area contributed by atoms with Crippen molar-refractivity contribution in [2.75, 3.05) is 0 Å². The van der Waals surface area contributed by atoms with Crippen LogP contribution in [0.5, 0.6) is 0 Å². The molecule has 0 saturated carbocycles. The summed E-state index contributed by atoms with van der Waals surface area (Å²) in [5, 5.41) is 60.8. The number of aliphatic carboxylic acids is 4. The molecule has 0 saturated heterocycles. The Kier molecular flexibility index (Phi) is 24.2. The normalized spacial score (nSPS) is 16.5. The van der Waals surface area contributed by atoms with Gasteiger partial charge in [0.15, 0.2) is 0 Å². The summed E-state index contributed by atoms with van der Waals surface area (Å²) in [6.45, 7) is 8.58. The maximum atomic E-state index is 13.1. The summed E-state index contributed by atoms with van der Waals surface area (Å²) in [5.41, 5.74) is 0. The molecule has 52 heavy (non-hydrogen) atoms. The van der Waals surface area contributed by atoms with E-state index >= 15 is 0 Å². The quantitative estimate of drug-likeness (QED) is 0.0407. The van der Waals surface area contributed by atoms with E-state index < -0.39 is 104 Å². The Labute approximate surface area is 305 Å². The van der Waals surface area contributed by atoms with Crippen LogP contribution in [0.4, 0.5) is 0 Å². The molecule has 16 nitrogen and oxygen atoms in total. The van der Waals surface area contributed by atoms with Gasteiger partial charge in [-0.25, -0.2) is 0 Å². The van der Waals surface area contributed by atoms with Crippen LogP contribution < -0.4 is 5.32 Å². The fourth-order valence-corrected chi connectivity index (χ4v) is 6.06. The number of amides is 1. The largest absolute Gasteiger partial charge is 0.481 e. The standard InChI is InChI=1S/C36H61NO15/c1-6-7-12-22(3)34(52-33(46)20-26(36(49)50)18-31(43)44)29(51-32(45)19-25(35(47)48)17-30(41)42)16-21(2)15-27(39)13-10-8-9-11-14-28(40)23(4)37-24(5)38/h21-23,25-29,34,39-40H,6-20H2,1-5H3,(H,37,38)(H,41,42)(H,43,44)(H,47,48)(H,49,50)/t21-,22+,23-,25?,26?,27+,28-,29-,34+/m0/s1. The monoisotopic (exact) mass is 747 g/mol. The van der Waals surface area contributed by atoms with E-state index in [4.69, 9.17) is 19.7 Å². The van der Waals surface area contributed by atoms with Gasteiger partial charge in [-0.1, -0.05) is 59.3 Å². The Morgan fingerprint density at radius 2 is 1.13 bits per heavy atom. The van der Waals surface area contributed by atoms with Crippen molar-refractivity contribution in [3.63, 3.8) is 0 Å². The number of carbonyl (C=O) groups is 7. The number of hydrogen-bond donors (Lipinski definition) is 7. The van der Waals surface area contributed by atoms with E-state index in [1.807, 2.05) is 6.92 Å². The molecule has 0 heterocycles. The molecule has 9 atom stereocenters. The first-order valence-corrected chi connectivity index (χ1v) is 18.2. The zero-order chi connectivity index (χ0) is 40.0. The molecule has 0 aromatic rings. The number of carboxylic acids is 4. The number of esters is 2. The SMILES string of the molecule is CCCC[C@@H](C)[C@@H](OC(=O)CC(CC(=O)O)C(=O)O)[C@H](C[C@@H](C)C[C@H](O)CCCCCC[C@H](O)[C@H](C)NC(C)=O)OC(=O)CC(CC(=O)O)C(=O)O. The first-order valence-electron chi connectivity index (χ1n) is 18.2. The summed E-state index contributed by atoms with van der Waals surface area (Å²) in [6, 6.07) is -0.358. The molecule has 0 radical (unpaired) electrons. The maximum Gasteiger partial charge on any atom is 0.307 e. The summed E-state index contributed by atoms with van der Waals surface area (Å²) in [7, 11) is 0. The van der Waals surface area contributed by atoms with Gasteiger partial charge >= 0.3 is 35.8 Å². The zero-order valence-electron chi connectivity index (χ0n) is 31.2. The van der Waals surface area contributed by atoms with Crippen molar-refractivity contribution >= 4 is 41.7 Å². The Morgan fingerprint density at radius 1 is 0.635 bits per heavy atom. The lowest BCUT2D eigenvalue weighted by Crippen LogP contribution is -2.42. The van der Waals surface area contributed by atoms with Crippen LogP contribution in [-0.2, 0) is 43.0 Å². The Morgan fingerprint density at radius 3 is 1.60 bits per heavy atom. The van der Waals surface area contributed by atoms with E-state index in [-0.39, 0.29) is 30.7 Å². The lowest BCUT2D eigenvalue weighted by Gasteiger charge is -2.33. The maximum absolute atomic E-state index is 13.1. The number of ether oxygens (including phenoxy) is 2. The van der Waals surface area contributed by atoms with Gasteiger partial charge in [-0.15, -0.1) is 0 Å². The molecule has 0 spiro atoms. The number of nitrogens with one attached hydrogen (secondary N) is 1. The molecule has 0 aromatic carbocycles. The van der Waals surface area contributed by atoms with Gasteiger partial charge in [-0.3, -0.25) is 33.6 Å². The van der Waals surface area contributed by atoms with E-state index in [0.29, 0.717) is 32.1 Å². The Bertz CT molecular complexity index is 1140. The highest BCUT2D eigenvalue weighted by molar-refractivity contribution is 5.84. The number of rotatable bonds is 30. The second-order valence-corrected chi connectivity index (χ2v) is 14.1. The van der Waals surface area contributed by atoms with E-state index in [0.717, 1.165) is 25.7 Å². The number of unbranched alkanes of at least 4 members (excludes halogenated alkanes) is 4. The molecule has 0 aliphatic rings. The Balaban J connectivity index is 5.83. The van der Waals surface area contributed by atoms with Crippen LogP contribution >= 0.6 is 0 Å². The summed E-state index contributed by atoms with van der Waals surface area (Å²) in [6.07, 6.45) is -0.658. The third kappa shape index (κ3) is 22.2. The number of hydrogen-bond acceptors (Lipinski definition) is 11. The van der Waals surface area contributed by atoms with Crippen LogP contribution in [-0.4, -0.2) is 103 Å². The van der Waals surface area contributed by atoms with Crippen LogP contribution in [0.15, 0.2) is 0 Å². The highest BCUT2D eigenvalue weighted by Crippen LogP contribution is 2.29. The van der Waals surface area contributed by atoms with Gasteiger partial charge in [0.1, 0.15) is 12.2 Å². The van der Waals surface area contributed by atoms with E-state index in [1.165, 1.54) is 6.92 Å². The van der Waals surface area contributed by atoms with Gasteiger partial charge in [-0.05, 0) is 50.9 Å². The molecule has 0 aromatic heterocycles. The number of aliphatic hydroxyl groups excluding tert-OH is 2. The number of carbonyl (C=O) groups excluding carboxylic acids is 3. The first-order chi connectivity index (χ1) is 24.3. The van der Waals surface area contributed by atoms with E-state index in [2.05, 4.69) is 5.32 Å². The van der Waals surface area contributed by atoms with Crippen molar-refractivity contribution < 1.29 is 73.7 Å². The second kappa shape index (κ2) is 26.0. The zero-order valence-corrected chi connectivity index (χ0v) is 31.2. The highest BCUT2D eigenvalue weighted by atomic mass is 16.6. The summed E-state index contributed by atoms with van der Waals surface area (Å²) in [5.74, 6) is -12.1. The summed E-state index contributed by atoms with van der Waals surface area (Å²) >= 11 is 0. The topological polar surface area (TPSA) is 271 Å². The minimum absolute atomic E-state index is 0.0513. The summed E-state index contributed by atoms with van der Waals surface area (Å²) < 4.78 is 11.4. The van der Waals surface area contributed by atoms with Crippen LogP contribution in [0.25, 0.3) is 0 Å². The third-order valence-electron chi connectivity index (χ3n) is 8.96. The van der Waals surface area contributed by atoms with Gasteiger partial charge in [0.05, 0.1) is 55.8 Å². The fourth-order valence-electron chi connectivity index (χ4n) is 6.06. The van der Waals surface area contributed by atoms with Crippen molar-refractivity contribution in [1.29, 1.82) is 0 Å². The predicted molar refractivity (Wildman–Crippen MR) is 186 cm³/mol. The van der Waals surface area contributed by atoms with Crippen molar-refractivity contribution in [3.8, 4) is 0 Å².